The van der Waals surface area contributed by atoms with Gasteiger partial charge in [0.25, 0.3) is 10.0 Å². The number of hydrogen-bond acceptors (Lipinski definition) is 6. The molecular formula is C15H22N4O5S2. The zero-order valence-corrected chi connectivity index (χ0v) is 16.8. The molecule has 2 rings (SSSR count). The molecule has 0 saturated carbocycles. The molecule has 144 valence electrons. The summed E-state index contributed by atoms with van der Waals surface area (Å²) >= 11 is 0. The third-order valence-electron chi connectivity index (χ3n) is 3.86. The Bertz CT molecular complexity index is 1030. The van der Waals surface area contributed by atoms with Crippen molar-refractivity contribution in [2.75, 3.05) is 22.3 Å². The van der Waals surface area contributed by atoms with E-state index in [0.29, 0.717) is 17.1 Å². The molecule has 0 aliphatic heterocycles. The van der Waals surface area contributed by atoms with Crippen molar-refractivity contribution in [3.63, 3.8) is 0 Å². The summed E-state index contributed by atoms with van der Waals surface area (Å²) in [7, 11) is -4.50. The Hall–Kier alpha value is -2.27. The first-order valence-corrected chi connectivity index (χ1v) is 10.9. The predicted molar refractivity (Wildman–Crippen MR) is 99.6 cm³/mol. The lowest BCUT2D eigenvalue weighted by Gasteiger charge is -2.14. The summed E-state index contributed by atoms with van der Waals surface area (Å²) in [4.78, 5) is -0.113. The van der Waals surface area contributed by atoms with Crippen LogP contribution in [-0.2, 0) is 27.1 Å². The van der Waals surface area contributed by atoms with Gasteiger partial charge in [-0.15, -0.1) is 0 Å². The molecule has 0 atom stereocenters. The van der Waals surface area contributed by atoms with Crippen LogP contribution in [0.25, 0.3) is 0 Å². The third-order valence-corrected chi connectivity index (χ3v) is 6.54. The van der Waals surface area contributed by atoms with Gasteiger partial charge in [-0.3, -0.25) is 14.1 Å². The maximum Gasteiger partial charge on any atom is 0.266 e. The molecule has 1 aromatic heterocycles. The highest BCUT2D eigenvalue weighted by Gasteiger charge is 2.23. The Morgan fingerprint density at radius 2 is 1.81 bits per heavy atom. The second-order valence-corrected chi connectivity index (χ2v) is 9.32. The molecule has 11 heteroatoms. The number of nitrogens with zero attached hydrogens (tertiary/aromatic N) is 2. The van der Waals surface area contributed by atoms with E-state index >= 15 is 0 Å². The Balaban J connectivity index is 2.43. The fraction of sp³-hybridized carbons (Fsp3) is 0.400. The minimum absolute atomic E-state index is 0.0188. The van der Waals surface area contributed by atoms with Crippen molar-refractivity contribution in [3.8, 4) is 5.75 Å². The summed E-state index contributed by atoms with van der Waals surface area (Å²) < 4.78 is 60.4. The van der Waals surface area contributed by atoms with Crippen LogP contribution in [0.15, 0.2) is 23.1 Å². The molecule has 0 spiro atoms. The van der Waals surface area contributed by atoms with Crippen molar-refractivity contribution in [1.29, 1.82) is 0 Å². The van der Waals surface area contributed by atoms with Crippen molar-refractivity contribution in [2.45, 2.75) is 25.7 Å². The van der Waals surface area contributed by atoms with Crippen molar-refractivity contribution in [1.82, 2.24) is 9.78 Å². The fourth-order valence-corrected chi connectivity index (χ4v) is 4.23. The largest absolute Gasteiger partial charge is 0.495 e. The van der Waals surface area contributed by atoms with Gasteiger partial charge in [0.2, 0.25) is 10.0 Å². The van der Waals surface area contributed by atoms with E-state index in [-0.39, 0.29) is 22.1 Å². The molecule has 9 nitrogen and oxygen atoms in total. The van der Waals surface area contributed by atoms with Gasteiger partial charge in [0.05, 0.1) is 24.2 Å². The molecule has 0 aliphatic carbocycles. The highest BCUT2D eigenvalue weighted by atomic mass is 32.2. The molecule has 26 heavy (non-hydrogen) atoms. The molecule has 0 amide bonds. The van der Waals surface area contributed by atoms with E-state index in [1.165, 1.54) is 36.9 Å². The fourth-order valence-electron chi connectivity index (χ4n) is 2.29. The second kappa shape index (κ2) is 7.16. The quantitative estimate of drug-likeness (QED) is 0.726. The molecule has 0 radical (unpaired) electrons. The summed E-state index contributed by atoms with van der Waals surface area (Å²) in [6.45, 7) is 5.04. The molecule has 2 N–H and O–H groups in total. The first-order valence-electron chi connectivity index (χ1n) is 7.72. The van der Waals surface area contributed by atoms with E-state index in [0.717, 1.165) is 0 Å². The molecule has 0 unspecified atom stereocenters. The number of nitrogens with one attached hydrogen (secondary N) is 2. The van der Waals surface area contributed by atoms with Gasteiger partial charge in [-0.25, -0.2) is 16.8 Å². The number of ether oxygens (including phenoxy) is 1. The summed E-state index contributed by atoms with van der Waals surface area (Å²) in [6.07, 6.45) is 0. The molecule has 0 aliphatic rings. The first-order chi connectivity index (χ1) is 12.0. The third kappa shape index (κ3) is 4.10. The standard InChI is InChI=1S/C15H22N4O5S2/c1-6-25(20,21)17-12-7-8-14(13(9-12)24-5)26(22,23)18-15-10(2)11(3)16-19(15)4/h7-9,17-18H,6H2,1-5H3. The van der Waals surface area contributed by atoms with Crippen LogP contribution >= 0.6 is 0 Å². The average molecular weight is 402 g/mol. The maximum atomic E-state index is 12.8. The van der Waals surface area contributed by atoms with Crippen LogP contribution in [-0.4, -0.2) is 39.5 Å². The number of hydrogen-bond donors (Lipinski definition) is 2. The van der Waals surface area contributed by atoms with Gasteiger partial charge >= 0.3 is 0 Å². The number of aromatic nitrogens is 2. The lowest BCUT2D eigenvalue weighted by atomic mass is 10.3. The topological polar surface area (TPSA) is 119 Å². The summed E-state index contributed by atoms with van der Waals surface area (Å²) in [5.41, 5.74) is 1.64. The van der Waals surface area contributed by atoms with Gasteiger partial charge in [0, 0.05) is 18.7 Å². The van der Waals surface area contributed by atoms with Crippen molar-refractivity contribution >= 4 is 31.6 Å². The number of benzene rings is 1. The highest BCUT2D eigenvalue weighted by molar-refractivity contribution is 7.93. The minimum atomic E-state index is -3.97. The van der Waals surface area contributed by atoms with E-state index in [9.17, 15) is 16.8 Å². The molecular weight excluding hydrogens is 380 g/mol. The number of anilines is 2. The smallest absolute Gasteiger partial charge is 0.266 e. The zero-order valence-electron chi connectivity index (χ0n) is 15.2. The first kappa shape index (κ1) is 20.0. The monoisotopic (exact) mass is 402 g/mol. The van der Waals surface area contributed by atoms with Crippen LogP contribution in [0, 0.1) is 13.8 Å². The molecule has 0 fully saturated rings. The highest BCUT2D eigenvalue weighted by Crippen LogP contribution is 2.30. The van der Waals surface area contributed by atoms with Gasteiger partial charge in [0.1, 0.15) is 16.5 Å². The van der Waals surface area contributed by atoms with Crippen LogP contribution in [0.5, 0.6) is 5.75 Å². The van der Waals surface area contributed by atoms with Crippen molar-refractivity contribution < 1.29 is 21.6 Å². The maximum absolute atomic E-state index is 12.8. The summed E-state index contributed by atoms with van der Waals surface area (Å²) in [6, 6.07) is 3.97. The SMILES string of the molecule is CCS(=O)(=O)Nc1ccc(S(=O)(=O)Nc2c(C)c(C)nn2C)c(OC)c1. The number of methoxy groups -OCH3 is 1. The van der Waals surface area contributed by atoms with E-state index in [1.807, 2.05) is 0 Å². The van der Waals surface area contributed by atoms with Crippen LogP contribution in [0.4, 0.5) is 11.5 Å². The lowest BCUT2D eigenvalue weighted by molar-refractivity contribution is 0.403. The van der Waals surface area contributed by atoms with Gasteiger partial charge in [-0.2, -0.15) is 5.10 Å². The Morgan fingerprint density at radius 1 is 1.15 bits per heavy atom. The molecule has 2 aromatic rings. The lowest BCUT2D eigenvalue weighted by Crippen LogP contribution is -2.18. The minimum Gasteiger partial charge on any atom is -0.495 e. The Kier molecular flexibility index (Phi) is 5.52. The average Bonchev–Trinajstić information content (AvgIpc) is 2.80. The van der Waals surface area contributed by atoms with Crippen LogP contribution in [0.2, 0.25) is 0 Å². The van der Waals surface area contributed by atoms with Crippen LogP contribution < -0.4 is 14.2 Å². The van der Waals surface area contributed by atoms with Crippen molar-refractivity contribution in [2.24, 2.45) is 7.05 Å². The van der Waals surface area contributed by atoms with E-state index in [2.05, 4.69) is 14.5 Å². The van der Waals surface area contributed by atoms with E-state index in [4.69, 9.17) is 4.74 Å². The Labute approximate surface area is 153 Å². The predicted octanol–water partition coefficient (Wildman–Crippen LogP) is 1.61. The van der Waals surface area contributed by atoms with Gasteiger partial charge in [0.15, 0.2) is 0 Å². The zero-order chi connectivity index (χ0) is 19.7. The number of sulfonamides is 2. The molecule has 0 saturated heterocycles. The van der Waals surface area contributed by atoms with Crippen LogP contribution in [0.3, 0.4) is 0 Å². The summed E-state index contributed by atoms with van der Waals surface area (Å²) in [5, 5.41) is 4.18. The molecule has 0 bridgehead atoms. The van der Waals surface area contributed by atoms with E-state index in [1.54, 1.807) is 20.9 Å². The van der Waals surface area contributed by atoms with Gasteiger partial charge < -0.3 is 4.74 Å². The number of aryl methyl sites for hydroxylation is 2. The summed E-state index contributed by atoms with van der Waals surface area (Å²) in [5.74, 6) is 0.265. The van der Waals surface area contributed by atoms with E-state index < -0.39 is 20.0 Å². The van der Waals surface area contributed by atoms with Crippen molar-refractivity contribution in [3.05, 3.63) is 29.5 Å². The number of rotatable bonds is 7. The van der Waals surface area contributed by atoms with Crippen LogP contribution in [0.1, 0.15) is 18.2 Å². The molecule has 1 heterocycles. The van der Waals surface area contributed by atoms with Gasteiger partial charge in [-0.05, 0) is 32.9 Å². The Morgan fingerprint density at radius 3 is 2.31 bits per heavy atom. The normalized spacial score (nSPS) is 12.0. The van der Waals surface area contributed by atoms with Gasteiger partial charge in [-0.1, -0.05) is 0 Å². The second-order valence-electron chi connectivity index (χ2n) is 5.66. The molecule has 1 aromatic carbocycles.